The van der Waals surface area contributed by atoms with E-state index in [1.807, 2.05) is 0 Å². The highest BCUT2D eigenvalue weighted by molar-refractivity contribution is 5.88. The highest BCUT2D eigenvalue weighted by Gasteiger charge is 2.71. The van der Waals surface area contributed by atoms with Crippen molar-refractivity contribution >= 4 is 5.97 Å². The quantitative estimate of drug-likeness (QED) is 0.400. The lowest BCUT2D eigenvalue weighted by Gasteiger charge is -2.32. The van der Waals surface area contributed by atoms with E-state index in [4.69, 9.17) is 5.11 Å². The maximum atomic E-state index is 12.6. The van der Waals surface area contributed by atoms with Gasteiger partial charge in [-0.2, -0.15) is 26.3 Å². The molecule has 1 N–H and O–H groups in total. The van der Waals surface area contributed by atoms with E-state index >= 15 is 0 Å². The van der Waals surface area contributed by atoms with Crippen LogP contribution in [0, 0.1) is 0 Å². The predicted octanol–water partition coefficient (Wildman–Crippen LogP) is 3.48. The standard InChI is InChI=1S/C13H10F6O3/c1-7(2)10(20)22-9-5-3-8(4-6-9)11(21,12(14,15)16)13(17,18)19/h3-6,21H,1H2,2H3. The molecule has 0 atom stereocenters. The van der Waals surface area contributed by atoms with Gasteiger partial charge in [0.1, 0.15) is 5.75 Å². The molecule has 1 rings (SSSR count). The van der Waals surface area contributed by atoms with Gasteiger partial charge in [-0.15, -0.1) is 0 Å². The second kappa shape index (κ2) is 5.64. The van der Waals surface area contributed by atoms with Crippen molar-refractivity contribution in [2.75, 3.05) is 0 Å². The number of carbonyl (C=O) groups is 1. The van der Waals surface area contributed by atoms with Crippen LogP contribution in [0.4, 0.5) is 26.3 Å². The van der Waals surface area contributed by atoms with Crippen LogP contribution in [0.25, 0.3) is 0 Å². The molecule has 0 amide bonds. The summed E-state index contributed by atoms with van der Waals surface area (Å²) in [6, 6.07) is 2.17. The monoisotopic (exact) mass is 328 g/mol. The number of benzene rings is 1. The number of halogens is 6. The number of carbonyl (C=O) groups excluding carboxylic acids is 1. The van der Waals surface area contributed by atoms with Gasteiger partial charge in [0.15, 0.2) is 0 Å². The maximum absolute atomic E-state index is 12.6. The molecule has 122 valence electrons. The Labute approximate surface area is 120 Å². The summed E-state index contributed by atoms with van der Waals surface area (Å²) in [5, 5.41) is 9.14. The highest BCUT2D eigenvalue weighted by atomic mass is 19.4. The minimum Gasteiger partial charge on any atom is -0.423 e. The zero-order valence-corrected chi connectivity index (χ0v) is 11.0. The maximum Gasteiger partial charge on any atom is 0.430 e. The van der Waals surface area contributed by atoms with E-state index in [1.54, 1.807) is 0 Å². The second-order valence-electron chi connectivity index (χ2n) is 4.40. The van der Waals surface area contributed by atoms with Gasteiger partial charge in [-0.05, 0) is 19.1 Å². The van der Waals surface area contributed by atoms with Crippen molar-refractivity contribution in [3.8, 4) is 5.75 Å². The lowest BCUT2D eigenvalue weighted by molar-refractivity contribution is -0.376. The molecule has 0 aliphatic heterocycles. The molecule has 0 unspecified atom stereocenters. The summed E-state index contributed by atoms with van der Waals surface area (Å²) in [5.41, 5.74) is -6.47. The number of alkyl halides is 6. The van der Waals surface area contributed by atoms with Gasteiger partial charge in [0.05, 0.1) is 0 Å². The number of ether oxygens (including phenoxy) is 1. The molecule has 0 aliphatic carbocycles. The lowest BCUT2D eigenvalue weighted by Crippen LogP contribution is -2.53. The van der Waals surface area contributed by atoms with E-state index < -0.39 is 29.5 Å². The molecule has 22 heavy (non-hydrogen) atoms. The van der Waals surface area contributed by atoms with Gasteiger partial charge in [0.2, 0.25) is 0 Å². The minimum absolute atomic E-state index is 0.00818. The largest absolute Gasteiger partial charge is 0.430 e. The molecule has 0 saturated carbocycles. The first-order chi connectivity index (χ1) is 9.80. The fraction of sp³-hybridized carbons (Fsp3) is 0.308. The fourth-order valence-corrected chi connectivity index (χ4v) is 1.45. The Kier molecular flexibility index (Phi) is 4.62. The zero-order chi connectivity index (χ0) is 17.3. The van der Waals surface area contributed by atoms with Crippen LogP contribution in [0.2, 0.25) is 0 Å². The van der Waals surface area contributed by atoms with Crippen LogP contribution < -0.4 is 4.74 Å². The van der Waals surface area contributed by atoms with Gasteiger partial charge in [-0.25, -0.2) is 4.79 Å². The summed E-state index contributed by atoms with van der Waals surface area (Å²) in [7, 11) is 0. The van der Waals surface area contributed by atoms with Crippen molar-refractivity contribution in [1.29, 1.82) is 0 Å². The van der Waals surface area contributed by atoms with E-state index in [1.165, 1.54) is 6.92 Å². The smallest absolute Gasteiger partial charge is 0.423 e. The molecule has 0 aromatic heterocycles. The zero-order valence-electron chi connectivity index (χ0n) is 11.0. The summed E-state index contributed by atoms with van der Waals surface area (Å²) >= 11 is 0. The van der Waals surface area contributed by atoms with Crippen molar-refractivity contribution in [2.24, 2.45) is 0 Å². The Morgan fingerprint density at radius 2 is 1.45 bits per heavy atom. The number of hydrogen-bond acceptors (Lipinski definition) is 3. The van der Waals surface area contributed by atoms with Gasteiger partial charge in [0.25, 0.3) is 5.60 Å². The van der Waals surface area contributed by atoms with Crippen LogP contribution in [0.5, 0.6) is 5.75 Å². The van der Waals surface area contributed by atoms with Gasteiger partial charge >= 0.3 is 18.3 Å². The average molecular weight is 328 g/mol. The van der Waals surface area contributed by atoms with Crippen LogP contribution >= 0.6 is 0 Å². The summed E-state index contributed by atoms with van der Waals surface area (Å²) < 4.78 is 80.4. The van der Waals surface area contributed by atoms with Crippen LogP contribution in [0.1, 0.15) is 12.5 Å². The van der Waals surface area contributed by atoms with E-state index in [-0.39, 0.29) is 11.3 Å². The summed E-state index contributed by atoms with van der Waals surface area (Å²) in [5.74, 6) is -1.18. The molecule has 9 heteroatoms. The van der Waals surface area contributed by atoms with Gasteiger partial charge in [0, 0.05) is 11.1 Å². The Bertz CT molecular complexity index is 557. The molecule has 0 radical (unpaired) electrons. The van der Waals surface area contributed by atoms with Crippen LogP contribution in [-0.4, -0.2) is 23.4 Å². The SMILES string of the molecule is C=C(C)C(=O)Oc1ccc(C(O)(C(F)(F)F)C(F)(F)F)cc1. The fourth-order valence-electron chi connectivity index (χ4n) is 1.45. The van der Waals surface area contributed by atoms with E-state index in [9.17, 15) is 31.1 Å². The predicted molar refractivity (Wildman–Crippen MR) is 62.9 cm³/mol. The van der Waals surface area contributed by atoms with Gasteiger partial charge in [-0.1, -0.05) is 18.7 Å². The summed E-state index contributed by atoms with van der Waals surface area (Å²) in [6.07, 6.45) is -11.9. The molecular formula is C13H10F6O3. The molecule has 1 aromatic carbocycles. The first-order valence-electron chi connectivity index (χ1n) is 5.64. The lowest BCUT2D eigenvalue weighted by atomic mass is 9.92. The van der Waals surface area contributed by atoms with Crippen molar-refractivity contribution in [3.63, 3.8) is 0 Å². The molecule has 0 bridgehead atoms. The van der Waals surface area contributed by atoms with Crippen LogP contribution in [0.15, 0.2) is 36.4 Å². The third kappa shape index (κ3) is 3.24. The van der Waals surface area contributed by atoms with Gasteiger partial charge in [-0.3, -0.25) is 0 Å². The normalized spacial score (nSPS) is 12.9. The molecule has 1 aromatic rings. The number of rotatable bonds is 3. The molecule has 0 heterocycles. The third-order valence-electron chi connectivity index (χ3n) is 2.65. The Morgan fingerprint density at radius 1 is 1.05 bits per heavy atom. The number of hydrogen-bond donors (Lipinski definition) is 1. The number of aliphatic hydroxyl groups is 1. The summed E-state index contributed by atoms with van der Waals surface area (Å²) in [6.45, 7) is 4.57. The van der Waals surface area contributed by atoms with Crippen molar-refractivity contribution in [2.45, 2.75) is 24.9 Å². The second-order valence-corrected chi connectivity index (χ2v) is 4.40. The average Bonchev–Trinajstić information content (AvgIpc) is 2.35. The van der Waals surface area contributed by atoms with Crippen LogP contribution in [0.3, 0.4) is 0 Å². The Hall–Kier alpha value is -2.03. The molecule has 3 nitrogen and oxygen atoms in total. The van der Waals surface area contributed by atoms with E-state index in [0.717, 1.165) is 0 Å². The third-order valence-corrected chi connectivity index (χ3v) is 2.65. The van der Waals surface area contributed by atoms with Crippen molar-refractivity contribution in [1.82, 2.24) is 0 Å². The van der Waals surface area contributed by atoms with Crippen molar-refractivity contribution < 1.29 is 41.0 Å². The molecule has 0 saturated heterocycles. The molecular weight excluding hydrogens is 318 g/mol. The first-order valence-corrected chi connectivity index (χ1v) is 5.64. The molecule has 0 aliphatic rings. The minimum atomic E-state index is -5.97. The first kappa shape index (κ1) is 18.0. The topological polar surface area (TPSA) is 46.5 Å². The van der Waals surface area contributed by atoms with E-state index in [0.29, 0.717) is 24.3 Å². The number of esters is 1. The highest BCUT2D eigenvalue weighted by Crippen LogP contribution is 2.50. The Morgan fingerprint density at radius 3 is 1.77 bits per heavy atom. The Balaban J connectivity index is 3.21. The molecule has 0 spiro atoms. The summed E-state index contributed by atoms with van der Waals surface area (Å²) in [4.78, 5) is 11.2. The van der Waals surface area contributed by atoms with E-state index in [2.05, 4.69) is 11.3 Å². The van der Waals surface area contributed by atoms with Gasteiger partial charge < -0.3 is 9.84 Å². The molecule has 0 fully saturated rings. The van der Waals surface area contributed by atoms with Crippen molar-refractivity contribution in [3.05, 3.63) is 42.0 Å². The van der Waals surface area contributed by atoms with Crippen LogP contribution in [-0.2, 0) is 10.4 Å².